The van der Waals surface area contributed by atoms with Crippen LogP contribution in [0.3, 0.4) is 0 Å². The molecular formula is C31H33N3O7. The van der Waals surface area contributed by atoms with E-state index >= 15 is 0 Å². The molecule has 0 radical (unpaired) electrons. The number of benzene rings is 3. The highest BCUT2D eigenvalue weighted by atomic mass is 16.6. The second-order valence-corrected chi connectivity index (χ2v) is 9.46. The molecule has 0 fully saturated rings. The Morgan fingerprint density at radius 1 is 0.927 bits per heavy atom. The van der Waals surface area contributed by atoms with Crippen LogP contribution in [0.15, 0.2) is 91.1 Å². The second kappa shape index (κ2) is 14.8. The fourth-order valence-corrected chi connectivity index (χ4v) is 3.93. The van der Waals surface area contributed by atoms with Crippen LogP contribution in [-0.4, -0.2) is 45.6 Å². The third-order valence-electron chi connectivity index (χ3n) is 6.20. The number of aliphatic hydroxyl groups is 2. The zero-order chi connectivity index (χ0) is 29.0. The number of pyridine rings is 1. The fourth-order valence-electron chi connectivity index (χ4n) is 3.93. The highest BCUT2D eigenvalue weighted by molar-refractivity contribution is 5.51. The molecule has 10 nitrogen and oxygen atoms in total. The first-order chi connectivity index (χ1) is 19.9. The van der Waals surface area contributed by atoms with Gasteiger partial charge in [0.2, 0.25) is 5.88 Å². The van der Waals surface area contributed by atoms with Crippen LogP contribution in [0.1, 0.15) is 23.1 Å². The van der Waals surface area contributed by atoms with Crippen LogP contribution in [0.4, 0.5) is 5.69 Å². The molecule has 0 aliphatic heterocycles. The van der Waals surface area contributed by atoms with Crippen molar-refractivity contribution in [2.24, 2.45) is 0 Å². The van der Waals surface area contributed by atoms with Gasteiger partial charge in [-0.3, -0.25) is 15.4 Å². The molecular weight excluding hydrogens is 526 g/mol. The Hall–Kier alpha value is -4.51. The second-order valence-electron chi connectivity index (χ2n) is 9.46. The van der Waals surface area contributed by atoms with E-state index in [1.54, 1.807) is 12.3 Å². The normalized spacial score (nSPS) is 12.4. The number of rotatable bonds is 15. The maximum Gasteiger partial charge on any atom is 0.314 e. The highest BCUT2D eigenvalue weighted by Gasteiger charge is 2.18. The lowest BCUT2D eigenvalue weighted by Crippen LogP contribution is -2.38. The van der Waals surface area contributed by atoms with Crippen molar-refractivity contribution in [1.82, 2.24) is 10.3 Å². The smallest absolute Gasteiger partial charge is 0.314 e. The fraction of sp³-hybridized carbons (Fsp3) is 0.258. The van der Waals surface area contributed by atoms with Crippen molar-refractivity contribution in [2.75, 3.05) is 13.2 Å². The first kappa shape index (κ1) is 29.5. The molecule has 0 aliphatic carbocycles. The first-order valence-corrected chi connectivity index (χ1v) is 13.2. The van der Waals surface area contributed by atoms with Gasteiger partial charge in [0.05, 0.1) is 11.0 Å². The van der Waals surface area contributed by atoms with Crippen LogP contribution in [0.2, 0.25) is 0 Å². The summed E-state index contributed by atoms with van der Waals surface area (Å²) in [6.07, 6.45) is 0.958. The molecule has 0 saturated carbocycles. The monoisotopic (exact) mass is 559 g/mol. The van der Waals surface area contributed by atoms with Crippen molar-refractivity contribution < 1.29 is 29.3 Å². The predicted molar refractivity (Wildman–Crippen MR) is 153 cm³/mol. The van der Waals surface area contributed by atoms with E-state index in [-0.39, 0.29) is 36.9 Å². The standard InChI is InChI=1S/C31H33N3O7/c1-22-6-5-17-32-31(22)41-26-12-9-23(10-13-26)11-16-30(36)33-19-25(35)21-39-27-14-15-29(28(18-27)34(37)38)40-20-24-7-3-2-4-8-24/h2-10,12-15,17-18,25,30,33,35-36H,11,16,19-21H2,1H3/t25?,30-/m0/s1. The molecule has 41 heavy (non-hydrogen) atoms. The Morgan fingerprint density at radius 3 is 2.41 bits per heavy atom. The summed E-state index contributed by atoms with van der Waals surface area (Å²) in [6, 6.07) is 25.0. The Balaban J connectivity index is 1.18. The number of aryl methyl sites for hydroxylation is 2. The number of hydrogen-bond donors (Lipinski definition) is 3. The Labute approximate surface area is 238 Å². The van der Waals surface area contributed by atoms with Gasteiger partial charge in [-0.15, -0.1) is 0 Å². The van der Waals surface area contributed by atoms with Gasteiger partial charge in [-0.05, 0) is 61.2 Å². The molecule has 0 saturated heterocycles. The summed E-state index contributed by atoms with van der Waals surface area (Å²) in [7, 11) is 0. The Kier molecular flexibility index (Phi) is 10.6. The maximum absolute atomic E-state index is 11.5. The zero-order valence-corrected chi connectivity index (χ0v) is 22.7. The van der Waals surface area contributed by atoms with Crippen LogP contribution in [0.25, 0.3) is 0 Å². The van der Waals surface area contributed by atoms with Gasteiger partial charge in [-0.1, -0.05) is 48.5 Å². The van der Waals surface area contributed by atoms with E-state index in [2.05, 4.69) is 10.3 Å². The topological polar surface area (TPSA) is 136 Å². The molecule has 3 N–H and O–H groups in total. The number of nitrogens with one attached hydrogen (secondary N) is 1. The van der Waals surface area contributed by atoms with E-state index in [0.717, 1.165) is 16.7 Å². The number of hydrogen-bond acceptors (Lipinski definition) is 9. The zero-order valence-electron chi connectivity index (χ0n) is 22.7. The molecule has 2 atom stereocenters. The summed E-state index contributed by atoms with van der Waals surface area (Å²) in [5.74, 6) is 1.60. The molecule has 0 bridgehead atoms. The van der Waals surface area contributed by atoms with Crippen molar-refractivity contribution in [2.45, 2.75) is 38.7 Å². The van der Waals surface area contributed by atoms with E-state index < -0.39 is 17.3 Å². The van der Waals surface area contributed by atoms with Gasteiger partial charge in [0.1, 0.15) is 37.0 Å². The van der Waals surface area contributed by atoms with Crippen molar-refractivity contribution in [1.29, 1.82) is 0 Å². The summed E-state index contributed by atoms with van der Waals surface area (Å²) in [5.41, 5.74) is 2.63. The average Bonchev–Trinajstić information content (AvgIpc) is 2.99. The molecule has 214 valence electrons. The summed E-state index contributed by atoms with van der Waals surface area (Å²) < 4.78 is 17.0. The number of aromatic nitrogens is 1. The highest BCUT2D eigenvalue weighted by Crippen LogP contribution is 2.32. The van der Waals surface area contributed by atoms with Gasteiger partial charge in [-0.25, -0.2) is 4.98 Å². The number of aliphatic hydroxyl groups excluding tert-OH is 2. The van der Waals surface area contributed by atoms with Gasteiger partial charge < -0.3 is 24.4 Å². The van der Waals surface area contributed by atoms with Gasteiger partial charge in [0.15, 0.2) is 5.75 Å². The minimum absolute atomic E-state index is 0.0811. The van der Waals surface area contributed by atoms with Crippen molar-refractivity contribution in [3.8, 4) is 23.1 Å². The maximum atomic E-state index is 11.5. The van der Waals surface area contributed by atoms with Gasteiger partial charge in [0, 0.05) is 18.3 Å². The van der Waals surface area contributed by atoms with Crippen LogP contribution in [0, 0.1) is 17.0 Å². The van der Waals surface area contributed by atoms with E-state index in [9.17, 15) is 20.3 Å². The molecule has 0 amide bonds. The van der Waals surface area contributed by atoms with Gasteiger partial charge in [-0.2, -0.15) is 0 Å². The van der Waals surface area contributed by atoms with E-state index in [1.807, 2.05) is 73.7 Å². The minimum atomic E-state index is -0.941. The third-order valence-corrected chi connectivity index (χ3v) is 6.20. The lowest BCUT2D eigenvalue weighted by atomic mass is 10.1. The van der Waals surface area contributed by atoms with Crippen LogP contribution in [-0.2, 0) is 13.0 Å². The molecule has 1 aromatic heterocycles. The Morgan fingerprint density at radius 2 is 1.68 bits per heavy atom. The Bertz CT molecular complexity index is 1400. The molecule has 0 spiro atoms. The SMILES string of the molecule is Cc1cccnc1Oc1ccc(CC[C@H](O)NCC(O)COc2ccc(OCc3ccccc3)c([N+](=O)[O-])c2)cc1. The molecule has 0 aliphatic rings. The van der Waals surface area contributed by atoms with Crippen molar-refractivity contribution in [3.05, 3.63) is 118 Å². The molecule has 1 heterocycles. The largest absolute Gasteiger partial charge is 0.491 e. The molecule has 4 aromatic rings. The lowest BCUT2D eigenvalue weighted by Gasteiger charge is -2.17. The first-order valence-electron chi connectivity index (χ1n) is 13.2. The summed E-state index contributed by atoms with van der Waals surface area (Å²) in [5, 5.41) is 35.0. The van der Waals surface area contributed by atoms with E-state index in [4.69, 9.17) is 14.2 Å². The summed E-state index contributed by atoms with van der Waals surface area (Å²) in [6.45, 7) is 2.09. The minimum Gasteiger partial charge on any atom is -0.491 e. The summed E-state index contributed by atoms with van der Waals surface area (Å²) >= 11 is 0. The van der Waals surface area contributed by atoms with E-state index in [0.29, 0.717) is 24.5 Å². The van der Waals surface area contributed by atoms with Crippen molar-refractivity contribution >= 4 is 5.69 Å². The average molecular weight is 560 g/mol. The van der Waals surface area contributed by atoms with Crippen LogP contribution >= 0.6 is 0 Å². The molecule has 10 heteroatoms. The molecule has 3 aromatic carbocycles. The molecule has 4 rings (SSSR count). The number of nitro groups is 1. The van der Waals surface area contributed by atoms with Gasteiger partial charge in [0.25, 0.3) is 0 Å². The number of ether oxygens (including phenoxy) is 3. The molecule has 1 unspecified atom stereocenters. The van der Waals surface area contributed by atoms with Crippen molar-refractivity contribution in [3.63, 3.8) is 0 Å². The van der Waals surface area contributed by atoms with E-state index in [1.165, 1.54) is 12.1 Å². The lowest BCUT2D eigenvalue weighted by molar-refractivity contribution is -0.386. The number of nitrogens with zero attached hydrogens (tertiary/aromatic N) is 2. The summed E-state index contributed by atoms with van der Waals surface area (Å²) in [4.78, 5) is 15.2. The quantitative estimate of drug-likeness (QED) is 0.105. The van der Waals surface area contributed by atoms with Crippen LogP contribution < -0.4 is 19.5 Å². The predicted octanol–water partition coefficient (Wildman–Crippen LogP) is 4.95. The van der Waals surface area contributed by atoms with Gasteiger partial charge >= 0.3 is 5.69 Å². The van der Waals surface area contributed by atoms with Crippen LogP contribution in [0.5, 0.6) is 23.1 Å². The third kappa shape index (κ3) is 9.28. The number of nitro benzene ring substituents is 1.